The molecule has 4 heteroatoms. The van der Waals surface area contributed by atoms with Crippen molar-refractivity contribution in [2.45, 2.75) is 26.8 Å². The zero-order valence-electron chi connectivity index (χ0n) is 14.4. The lowest BCUT2D eigenvalue weighted by molar-refractivity contribution is 0.294. The van der Waals surface area contributed by atoms with Crippen LogP contribution in [0.5, 0.6) is 0 Å². The maximum absolute atomic E-state index is 6.04. The van der Waals surface area contributed by atoms with E-state index >= 15 is 0 Å². The summed E-state index contributed by atoms with van der Waals surface area (Å²) in [7, 11) is 0. The van der Waals surface area contributed by atoms with Crippen LogP contribution in [0.2, 0.25) is 5.02 Å². The van der Waals surface area contributed by atoms with Crippen LogP contribution in [0.1, 0.15) is 20.3 Å². The molecule has 3 rings (SSSR count). The molecule has 0 saturated carbocycles. The number of para-hydroxylation sites is 2. The molecular formula is C20H24ClN3. The molecule has 0 bridgehead atoms. The Labute approximate surface area is 148 Å². The van der Waals surface area contributed by atoms with Crippen LogP contribution >= 0.6 is 11.6 Å². The van der Waals surface area contributed by atoms with Crippen molar-refractivity contribution in [3.8, 4) is 11.4 Å². The number of rotatable bonds is 7. The molecule has 0 amide bonds. The quantitative estimate of drug-likeness (QED) is 0.597. The van der Waals surface area contributed by atoms with Gasteiger partial charge in [0.2, 0.25) is 0 Å². The van der Waals surface area contributed by atoms with E-state index in [1.54, 1.807) is 0 Å². The second kappa shape index (κ2) is 7.82. The summed E-state index contributed by atoms with van der Waals surface area (Å²) < 4.78 is 2.34. The van der Waals surface area contributed by atoms with E-state index in [1.807, 2.05) is 30.3 Å². The smallest absolute Gasteiger partial charge is 0.141 e. The third-order valence-electron chi connectivity index (χ3n) is 4.51. The number of aryl methyl sites for hydroxylation is 1. The molecule has 3 nitrogen and oxygen atoms in total. The van der Waals surface area contributed by atoms with Crippen molar-refractivity contribution in [2.75, 3.05) is 19.6 Å². The molecule has 1 heterocycles. The summed E-state index contributed by atoms with van der Waals surface area (Å²) in [6.45, 7) is 8.72. The lowest BCUT2D eigenvalue weighted by atomic mass is 10.2. The van der Waals surface area contributed by atoms with Gasteiger partial charge in [-0.1, -0.05) is 37.6 Å². The van der Waals surface area contributed by atoms with Crippen LogP contribution in [0.25, 0.3) is 22.4 Å². The van der Waals surface area contributed by atoms with Gasteiger partial charge in [-0.05, 0) is 62.5 Å². The van der Waals surface area contributed by atoms with Gasteiger partial charge in [-0.2, -0.15) is 0 Å². The van der Waals surface area contributed by atoms with Gasteiger partial charge in [-0.15, -0.1) is 0 Å². The molecule has 3 aromatic rings. The third-order valence-corrected chi connectivity index (χ3v) is 4.76. The Bertz CT molecular complexity index is 788. The van der Waals surface area contributed by atoms with Crippen LogP contribution in [-0.2, 0) is 6.54 Å². The molecule has 0 radical (unpaired) electrons. The van der Waals surface area contributed by atoms with Crippen molar-refractivity contribution in [3.05, 3.63) is 53.6 Å². The van der Waals surface area contributed by atoms with Gasteiger partial charge in [0.15, 0.2) is 0 Å². The highest BCUT2D eigenvalue weighted by molar-refractivity contribution is 6.30. The number of hydrogen-bond acceptors (Lipinski definition) is 2. The average Bonchev–Trinajstić information content (AvgIpc) is 2.98. The summed E-state index contributed by atoms with van der Waals surface area (Å²) in [4.78, 5) is 7.32. The average molecular weight is 342 g/mol. The molecule has 24 heavy (non-hydrogen) atoms. The molecule has 0 fully saturated rings. The van der Waals surface area contributed by atoms with Crippen LogP contribution in [0, 0.1) is 0 Å². The zero-order valence-corrected chi connectivity index (χ0v) is 15.1. The zero-order chi connectivity index (χ0) is 16.9. The number of halogens is 1. The lowest BCUT2D eigenvalue weighted by Gasteiger charge is -2.18. The van der Waals surface area contributed by atoms with Crippen molar-refractivity contribution < 1.29 is 0 Å². The van der Waals surface area contributed by atoms with Crippen LogP contribution in [0.3, 0.4) is 0 Å². The number of fused-ring (bicyclic) bond motifs is 1. The van der Waals surface area contributed by atoms with Gasteiger partial charge in [0.05, 0.1) is 11.0 Å². The summed E-state index contributed by atoms with van der Waals surface area (Å²) in [6, 6.07) is 16.3. The van der Waals surface area contributed by atoms with Crippen LogP contribution < -0.4 is 0 Å². The minimum atomic E-state index is 0.753. The number of nitrogens with zero attached hydrogens (tertiary/aromatic N) is 3. The Morgan fingerprint density at radius 1 is 1.00 bits per heavy atom. The Hall–Kier alpha value is -1.84. The van der Waals surface area contributed by atoms with Crippen molar-refractivity contribution in [2.24, 2.45) is 0 Å². The summed E-state index contributed by atoms with van der Waals surface area (Å²) in [5, 5.41) is 0.753. The fourth-order valence-electron chi connectivity index (χ4n) is 3.11. The maximum atomic E-state index is 6.04. The van der Waals surface area contributed by atoms with Crippen molar-refractivity contribution in [3.63, 3.8) is 0 Å². The van der Waals surface area contributed by atoms with E-state index in [0.717, 1.165) is 54.5 Å². The normalized spacial score (nSPS) is 11.5. The molecule has 0 spiro atoms. The first kappa shape index (κ1) is 17.0. The molecule has 0 aliphatic heterocycles. The molecule has 126 valence electrons. The van der Waals surface area contributed by atoms with Crippen molar-refractivity contribution >= 4 is 22.6 Å². The van der Waals surface area contributed by atoms with E-state index < -0.39 is 0 Å². The second-order valence-electron chi connectivity index (χ2n) is 5.96. The van der Waals surface area contributed by atoms with Gasteiger partial charge in [0, 0.05) is 17.1 Å². The molecule has 0 aliphatic carbocycles. The van der Waals surface area contributed by atoms with Crippen LogP contribution in [0.15, 0.2) is 48.5 Å². The Balaban J connectivity index is 1.92. The molecule has 0 saturated heterocycles. The second-order valence-corrected chi connectivity index (χ2v) is 6.40. The monoisotopic (exact) mass is 341 g/mol. The standard InChI is InChI=1S/C20H24ClN3/c1-3-23(4-2)14-7-15-24-19-9-6-5-8-18(19)22-20(24)16-10-12-17(21)13-11-16/h5-6,8-13H,3-4,7,14-15H2,1-2H3. The lowest BCUT2D eigenvalue weighted by Crippen LogP contribution is -2.24. The van der Waals surface area contributed by atoms with E-state index in [-0.39, 0.29) is 0 Å². The molecular weight excluding hydrogens is 318 g/mol. The van der Waals surface area contributed by atoms with Crippen molar-refractivity contribution in [1.29, 1.82) is 0 Å². The first-order valence-electron chi connectivity index (χ1n) is 8.66. The fourth-order valence-corrected chi connectivity index (χ4v) is 3.24. The van der Waals surface area contributed by atoms with Gasteiger partial charge in [-0.25, -0.2) is 4.98 Å². The molecule has 1 aromatic heterocycles. The van der Waals surface area contributed by atoms with E-state index in [0.29, 0.717) is 0 Å². The van der Waals surface area contributed by atoms with Gasteiger partial charge >= 0.3 is 0 Å². The Kier molecular flexibility index (Phi) is 5.54. The summed E-state index contributed by atoms with van der Waals surface area (Å²) in [6.07, 6.45) is 1.11. The van der Waals surface area contributed by atoms with Crippen LogP contribution in [0.4, 0.5) is 0 Å². The van der Waals surface area contributed by atoms with E-state index in [4.69, 9.17) is 16.6 Å². The number of hydrogen-bond donors (Lipinski definition) is 0. The molecule has 0 unspecified atom stereocenters. The Morgan fingerprint density at radius 3 is 2.42 bits per heavy atom. The number of benzene rings is 2. The van der Waals surface area contributed by atoms with Gasteiger partial charge in [-0.3, -0.25) is 0 Å². The maximum Gasteiger partial charge on any atom is 0.141 e. The van der Waals surface area contributed by atoms with E-state index in [9.17, 15) is 0 Å². The predicted octanol–water partition coefficient (Wildman–Crippen LogP) is 5.09. The summed E-state index contributed by atoms with van der Waals surface area (Å²) >= 11 is 6.04. The predicted molar refractivity (Wildman–Crippen MR) is 103 cm³/mol. The molecule has 0 aliphatic rings. The van der Waals surface area contributed by atoms with Crippen molar-refractivity contribution in [1.82, 2.24) is 14.5 Å². The highest BCUT2D eigenvalue weighted by atomic mass is 35.5. The minimum Gasteiger partial charge on any atom is -0.324 e. The first-order chi connectivity index (χ1) is 11.7. The molecule has 2 aromatic carbocycles. The number of aromatic nitrogens is 2. The highest BCUT2D eigenvalue weighted by Crippen LogP contribution is 2.26. The van der Waals surface area contributed by atoms with Gasteiger partial charge in [0.1, 0.15) is 5.82 Å². The van der Waals surface area contributed by atoms with E-state index in [1.165, 1.54) is 5.52 Å². The summed E-state index contributed by atoms with van der Waals surface area (Å²) in [5.74, 6) is 1.02. The van der Waals surface area contributed by atoms with Crippen LogP contribution in [-0.4, -0.2) is 34.1 Å². The summed E-state index contributed by atoms with van der Waals surface area (Å²) in [5.41, 5.74) is 3.35. The van der Waals surface area contributed by atoms with Gasteiger partial charge < -0.3 is 9.47 Å². The van der Waals surface area contributed by atoms with E-state index in [2.05, 4.69) is 41.5 Å². The minimum absolute atomic E-state index is 0.753. The molecule has 0 atom stereocenters. The Morgan fingerprint density at radius 2 is 1.71 bits per heavy atom. The largest absolute Gasteiger partial charge is 0.324 e. The first-order valence-corrected chi connectivity index (χ1v) is 9.04. The topological polar surface area (TPSA) is 21.1 Å². The third kappa shape index (κ3) is 3.63. The van der Waals surface area contributed by atoms with Gasteiger partial charge in [0.25, 0.3) is 0 Å². The molecule has 0 N–H and O–H groups in total. The SMILES string of the molecule is CCN(CC)CCCn1c(-c2ccc(Cl)cc2)nc2ccccc21. The number of imidazole rings is 1. The fraction of sp³-hybridized carbons (Fsp3) is 0.350. The highest BCUT2D eigenvalue weighted by Gasteiger charge is 2.12.